The fourth-order valence-electron chi connectivity index (χ4n) is 2.65. The highest BCUT2D eigenvalue weighted by molar-refractivity contribution is 7.99. The second kappa shape index (κ2) is 9.65. The predicted molar refractivity (Wildman–Crippen MR) is 104 cm³/mol. The first kappa shape index (κ1) is 22.5. The van der Waals surface area contributed by atoms with E-state index in [1.165, 1.54) is 0 Å². The largest absolute Gasteiger partial charge is 0.406 e. The van der Waals surface area contributed by atoms with E-state index in [4.69, 9.17) is 11.6 Å². The van der Waals surface area contributed by atoms with Gasteiger partial charge < -0.3 is 9.47 Å². The molecule has 0 saturated heterocycles. The van der Waals surface area contributed by atoms with Crippen LogP contribution >= 0.6 is 23.4 Å². The number of hydrogen-bond acceptors (Lipinski definition) is 4. The van der Waals surface area contributed by atoms with E-state index in [1.807, 2.05) is 13.0 Å². The standard InChI is InChI=1S/C18H22ClF3N4OS/c1-4-26-16(13-6-5-7-14(19)8-13)23-24-17(26)28-10-15(27)25(9-12(2)3)11-18(20,21)22/h5-8,12H,4,9-11H2,1-3H3. The molecule has 0 bridgehead atoms. The van der Waals surface area contributed by atoms with Crippen molar-refractivity contribution in [1.29, 1.82) is 0 Å². The van der Waals surface area contributed by atoms with Crippen LogP contribution in [0.4, 0.5) is 13.2 Å². The first-order chi connectivity index (χ1) is 13.1. The third kappa shape index (κ3) is 6.41. The van der Waals surface area contributed by atoms with Gasteiger partial charge in [0.25, 0.3) is 0 Å². The summed E-state index contributed by atoms with van der Waals surface area (Å²) in [6.07, 6.45) is -4.43. The van der Waals surface area contributed by atoms with Crippen LogP contribution in [0.5, 0.6) is 0 Å². The molecule has 0 aliphatic heterocycles. The van der Waals surface area contributed by atoms with Crippen molar-refractivity contribution in [3.05, 3.63) is 29.3 Å². The molecular weight excluding hydrogens is 413 g/mol. The number of carbonyl (C=O) groups excluding carboxylic acids is 1. The lowest BCUT2D eigenvalue weighted by molar-refractivity contribution is -0.160. The summed E-state index contributed by atoms with van der Waals surface area (Å²) in [6, 6.07) is 7.14. The Balaban J connectivity index is 2.13. The number of thioether (sulfide) groups is 1. The summed E-state index contributed by atoms with van der Waals surface area (Å²) in [4.78, 5) is 13.2. The SMILES string of the molecule is CCn1c(SCC(=O)N(CC(C)C)CC(F)(F)F)nnc1-c1cccc(Cl)c1. The normalized spacial score (nSPS) is 11.9. The third-order valence-electron chi connectivity index (χ3n) is 3.75. The van der Waals surface area contributed by atoms with Crippen molar-refractivity contribution in [3.8, 4) is 11.4 Å². The summed E-state index contributed by atoms with van der Waals surface area (Å²) >= 11 is 7.10. The molecule has 0 N–H and O–H groups in total. The molecule has 0 radical (unpaired) electrons. The minimum absolute atomic E-state index is 0.0487. The molecule has 2 aromatic rings. The zero-order chi connectivity index (χ0) is 20.9. The van der Waals surface area contributed by atoms with Gasteiger partial charge in [0.05, 0.1) is 5.75 Å². The number of carbonyl (C=O) groups is 1. The lowest BCUT2D eigenvalue weighted by atomic mass is 10.2. The lowest BCUT2D eigenvalue weighted by Crippen LogP contribution is -2.42. The zero-order valence-electron chi connectivity index (χ0n) is 15.8. The van der Waals surface area contributed by atoms with Crippen LogP contribution < -0.4 is 0 Å². The molecule has 1 aromatic heterocycles. The van der Waals surface area contributed by atoms with Gasteiger partial charge in [-0.15, -0.1) is 10.2 Å². The Bertz CT molecular complexity index is 810. The van der Waals surface area contributed by atoms with Crippen molar-refractivity contribution in [2.75, 3.05) is 18.8 Å². The van der Waals surface area contributed by atoms with Crippen molar-refractivity contribution in [2.45, 2.75) is 38.6 Å². The minimum Gasteiger partial charge on any atom is -0.333 e. The van der Waals surface area contributed by atoms with E-state index in [2.05, 4.69) is 10.2 Å². The van der Waals surface area contributed by atoms with Gasteiger partial charge in [-0.1, -0.05) is 49.3 Å². The molecule has 2 rings (SSSR count). The predicted octanol–water partition coefficient (Wildman–Crippen LogP) is 4.76. The second-order valence-corrected chi connectivity index (χ2v) is 8.01. The average molecular weight is 435 g/mol. The Hall–Kier alpha value is -1.74. The highest BCUT2D eigenvalue weighted by atomic mass is 35.5. The third-order valence-corrected chi connectivity index (χ3v) is 4.94. The maximum atomic E-state index is 12.8. The Morgan fingerprint density at radius 1 is 1.32 bits per heavy atom. The molecule has 10 heteroatoms. The molecule has 1 heterocycles. The quantitative estimate of drug-likeness (QED) is 0.562. The molecule has 0 atom stereocenters. The molecule has 0 spiro atoms. The molecule has 154 valence electrons. The van der Waals surface area contributed by atoms with Crippen LogP contribution in [-0.2, 0) is 11.3 Å². The van der Waals surface area contributed by atoms with E-state index in [9.17, 15) is 18.0 Å². The first-order valence-corrected chi connectivity index (χ1v) is 10.1. The van der Waals surface area contributed by atoms with E-state index in [-0.39, 0.29) is 18.2 Å². The Morgan fingerprint density at radius 2 is 2.04 bits per heavy atom. The van der Waals surface area contributed by atoms with Gasteiger partial charge in [0.15, 0.2) is 11.0 Å². The molecule has 5 nitrogen and oxygen atoms in total. The van der Waals surface area contributed by atoms with Crippen molar-refractivity contribution in [1.82, 2.24) is 19.7 Å². The molecule has 0 fully saturated rings. The number of nitrogens with zero attached hydrogens (tertiary/aromatic N) is 4. The van der Waals surface area contributed by atoms with Crippen LogP contribution in [0.15, 0.2) is 29.4 Å². The fourth-order valence-corrected chi connectivity index (χ4v) is 3.75. The summed E-state index contributed by atoms with van der Waals surface area (Å²) in [6.45, 7) is 4.79. The van der Waals surface area contributed by atoms with Crippen LogP contribution in [0, 0.1) is 5.92 Å². The summed E-state index contributed by atoms with van der Waals surface area (Å²) in [7, 11) is 0. The first-order valence-electron chi connectivity index (χ1n) is 8.77. The van der Waals surface area contributed by atoms with Crippen molar-refractivity contribution in [2.24, 2.45) is 5.92 Å². The van der Waals surface area contributed by atoms with E-state index < -0.39 is 18.6 Å². The molecule has 0 unspecified atom stereocenters. The van der Waals surface area contributed by atoms with Crippen LogP contribution in [-0.4, -0.2) is 50.6 Å². The fraction of sp³-hybridized carbons (Fsp3) is 0.500. The summed E-state index contributed by atoms with van der Waals surface area (Å²) < 4.78 is 40.2. The molecule has 28 heavy (non-hydrogen) atoms. The highest BCUT2D eigenvalue weighted by Gasteiger charge is 2.33. The number of amides is 1. The molecule has 1 aromatic carbocycles. The lowest BCUT2D eigenvalue weighted by Gasteiger charge is -2.25. The molecule has 0 aliphatic carbocycles. The van der Waals surface area contributed by atoms with Crippen LogP contribution in [0.2, 0.25) is 5.02 Å². The number of alkyl halides is 3. The second-order valence-electron chi connectivity index (χ2n) is 6.63. The van der Waals surface area contributed by atoms with E-state index in [1.54, 1.807) is 36.6 Å². The van der Waals surface area contributed by atoms with Gasteiger partial charge in [0.1, 0.15) is 6.54 Å². The molecule has 1 amide bonds. The Labute approximate surface area is 171 Å². The highest BCUT2D eigenvalue weighted by Crippen LogP contribution is 2.26. The van der Waals surface area contributed by atoms with Gasteiger partial charge in [-0.3, -0.25) is 4.79 Å². The number of rotatable bonds is 8. The van der Waals surface area contributed by atoms with Crippen LogP contribution in [0.1, 0.15) is 20.8 Å². The molecular formula is C18H22ClF3N4OS. The summed E-state index contributed by atoms with van der Waals surface area (Å²) in [5.74, 6) is -0.193. The summed E-state index contributed by atoms with van der Waals surface area (Å²) in [5, 5.41) is 9.29. The Kier molecular flexibility index (Phi) is 7.77. The van der Waals surface area contributed by atoms with Crippen molar-refractivity contribution < 1.29 is 18.0 Å². The van der Waals surface area contributed by atoms with Crippen LogP contribution in [0.25, 0.3) is 11.4 Å². The summed E-state index contributed by atoms with van der Waals surface area (Å²) in [5.41, 5.74) is 0.776. The number of benzene rings is 1. The maximum Gasteiger partial charge on any atom is 0.406 e. The molecule has 0 saturated carbocycles. The topological polar surface area (TPSA) is 51.0 Å². The van der Waals surface area contributed by atoms with E-state index >= 15 is 0 Å². The molecule has 0 aliphatic rings. The van der Waals surface area contributed by atoms with Crippen molar-refractivity contribution >= 4 is 29.3 Å². The Morgan fingerprint density at radius 3 is 2.61 bits per heavy atom. The van der Waals surface area contributed by atoms with Gasteiger partial charge in [0, 0.05) is 23.7 Å². The smallest absolute Gasteiger partial charge is 0.333 e. The number of halogens is 4. The van der Waals surface area contributed by atoms with Gasteiger partial charge in [-0.2, -0.15) is 13.2 Å². The maximum absolute atomic E-state index is 12.8. The van der Waals surface area contributed by atoms with E-state index in [0.29, 0.717) is 22.5 Å². The van der Waals surface area contributed by atoms with Gasteiger partial charge in [-0.05, 0) is 25.0 Å². The van der Waals surface area contributed by atoms with E-state index in [0.717, 1.165) is 22.2 Å². The minimum atomic E-state index is -4.43. The van der Waals surface area contributed by atoms with Gasteiger partial charge in [0.2, 0.25) is 5.91 Å². The number of aromatic nitrogens is 3. The zero-order valence-corrected chi connectivity index (χ0v) is 17.4. The monoisotopic (exact) mass is 434 g/mol. The average Bonchev–Trinajstić information content (AvgIpc) is 3.00. The number of hydrogen-bond donors (Lipinski definition) is 0. The van der Waals surface area contributed by atoms with Gasteiger partial charge >= 0.3 is 6.18 Å². The van der Waals surface area contributed by atoms with Crippen molar-refractivity contribution in [3.63, 3.8) is 0 Å². The van der Waals surface area contributed by atoms with Gasteiger partial charge in [-0.25, -0.2) is 0 Å². The van der Waals surface area contributed by atoms with Crippen LogP contribution in [0.3, 0.4) is 0 Å².